The molecule has 0 spiro atoms. The van der Waals surface area contributed by atoms with Crippen molar-refractivity contribution in [3.8, 4) is 0 Å². The highest BCUT2D eigenvalue weighted by atomic mass is 15.2. The minimum Gasteiger partial charge on any atom is -0.396 e. The van der Waals surface area contributed by atoms with Crippen LogP contribution >= 0.6 is 0 Å². The zero-order valence-electron chi connectivity index (χ0n) is 19.7. The van der Waals surface area contributed by atoms with Crippen molar-refractivity contribution in [2.75, 3.05) is 18.5 Å². The number of nitrogens with zero attached hydrogens (tertiary/aromatic N) is 1. The average Bonchev–Trinajstić information content (AvgIpc) is 2.86. The molecule has 0 aliphatic carbocycles. The van der Waals surface area contributed by atoms with Crippen LogP contribution in [0.4, 0.5) is 11.4 Å². The molecule has 0 fully saturated rings. The van der Waals surface area contributed by atoms with Crippen LogP contribution < -0.4 is 21.3 Å². The Labute approximate surface area is 188 Å². The molecule has 0 saturated carbocycles. The predicted molar refractivity (Wildman–Crippen MR) is 137 cm³/mol. The van der Waals surface area contributed by atoms with E-state index in [0.717, 1.165) is 52.6 Å². The van der Waals surface area contributed by atoms with E-state index in [1.807, 2.05) is 25.3 Å². The summed E-state index contributed by atoms with van der Waals surface area (Å²) >= 11 is 0. The number of nitrogens with two attached hydrogens (primary N) is 1. The Morgan fingerprint density at radius 3 is 2.03 bits per heavy atom. The summed E-state index contributed by atoms with van der Waals surface area (Å²) < 4.78 is 0. The van der Waals surface area contributed by atoms with Crippen LogP contribution in [0.5, 0.6) is 0 Å². The molecule has 0 atom stereocenters. The number of fused-ring (bicyclic) bond motifs is 2. The fourth-order valence-electron chi connectivity index (χ4n) is 3.35. The first kappa shape index (κ1) is 24.3. The number of allylic oxidation sites excluding steroid dienone is 1. The monoisotopic (exact) mass is 418 g/mol. The van der Waals surface area contributed by atoms with Gasteiger partial charge >= 0.3 is 0 Å². The SMILES string of the molecule is C=C(CCNC)N1c2ccccc2C(N)=C(NC(C)C)c2ccccc21.C=CC(C)C. The van der Waals surface area contributed by atoms with Crippen LogP contribution in [0.3, 0.4) is 0 Å². The van der Waals surface area contributed by atoms with Crippen LogP contribution in [-0.2, 0) is 0 Å². The standard InChI is InChI=1S/C22H28N4.C5H10/c1-15(2)25-22-18-10-6-8-12-20(18)26(16(3)13-14-24-4)19-11-7-5-9-17(19)21(22)23;1-4-5(2)3/h5-12,15,24-25H,3,13-14,23H2,1-2,4H3;4-5H,1H2,2-3H3. The van der Waals surface area contributed by atoms with Gasteiger partial charge in [0.15, 0.2) is 0 Å². The Balaban J connectivity index is 0.000000614. The van der Waals surface area contributed by atoms with E-state index in [2.05, 4.69) is 92.8 Å². The summed E-state index contributed by atoms with van der Waals surface area (Å²) in [5.41, 5.74) is 13.7. The van der Waals surface area contributed by atoms with E-state index in [-0.39, 0.29) is 6.04 Å². The van der Waals surface area contributed by atoms with E-state index < -0.39 is 0 Å². The van der Waals surface area contributed by atoms with Gasteiger partial charge in [-0.25, -0.2) is 0 Å². The van der Waals surface area contributed by atoms with Crippen molar-refractivity contribution in [3.05, 3.63) is 84.6 Å². The third-order valence-electron chi connectivity index (χ3n) is 5.00. The quantitative estimate of drug-likeness (QED) is 0.492. The molecule has 1 aliphatic rings. The maximum Gasteiger partial charge on any atom is 0.0677 e. The van der Waals surface area contributed by atoms with Gasteiger partial charge in [0.1, 0.15) is 0 Å². The zero-order chi connectivity index (χ0) is 23.0. The normalized spacial score (nSPS) is 12.5. The molecule has 4 nitrogen and oxygen atoms in total. The molecule has 0 unspecified atom stereocenters. The number of nitrogens with one attached hydrogen (secondary N) is 2. The Bertz CT molecular complexity index is 924. The average molecular weight is 419 g/mol. The number of hydrogen-bond acceptors (Lipinski definition) is 4. The summed E-state index contributed by atoms with van der Waals surface area (Å²) in [7, 11) is 1.96. The van der Waals surface area contributed by atoms with Crippen LogP contribution in [0, 0.1) is 5.92 Å². The second kappa shape index (κ2) is 11.4. The van der Waals surface area contributed by atoms with Crippen LogP contribution in [0.25, 0.3) is 11.4 Å². The molecule has 4 N–H and O–H groups in total. The second-order valence-corrected chi connectivity index (χ2v) is 8.36. The zero-order valence-corrected chi connectivity index (χ0v) is 19.7. The molecule has 2 aromatic rings. The summed E-state index contributed by atoms with van der Waals surface area (Å²) in [6.07, 6.45) is 2.77. The number of anilines is 2. The third-order valence-corrected chi connectivity index (χ3v) is 5.00. The number of para-hydroxylation sites is 2. The topological polar surface area (TPSA) is 53.3 Å². The van der Waals surface area contributed by atoms with E-state index >= 15 is 0 Å². The van der Waals surface area contributed by atoms with Crippen LogP contribution in [0.15, 0.2) is 73.5 Å². The lowest BCUT2D eigenvalue weighted by molar-refractivity contribution is 0.717. The molecule has 3 rings (SSSR count). The molecule has 0 saturated heterocycles. The molecule has 0 bridgehead atoms. The van der Waals surface area contributed by atoms with Crippen molar-refractivity contribution in [2.45, 2.75) is 40.2 Å². The van der Waals surface area contributed by atoms with Crippen LogP contribution in [-0.4, -0.2) is 19.6 Å². The van der Waals surface area contributed by atoms with Gasteiger partial charge in [-0.15, -0.1) is 6.58 Å². The van der Waals surface area contributed by atoms with Crippen molar-refractivity contribution >= 4 is 22.8 Å². The highest BCUT2D eigenvalue weighted by Gasteiger charge is 2.26. The van der Waals surface area contributed by atoms with Crippen molar-refractivity contribution in [1.82, 2.24) is 10.6 Å². The highest BCUT2D eigenvalue weighted by Crippen LogP contribution is 2.43. The molecule has 1 aliphatic heterocycles. The molecule has 166 valence electrons. The van der Waals surface area contributed by atoms with Gasteiger partial charge in [-0.3, -0.25) is 0 Å². The Kier molecular flexibility index (Phi) is 8.95. The van der Waals surface area contributed by atoms with Crippen molar-refractivity contribution in [1.29, 1.82) is 0 Å². The molecule has 31 heavy (non-hydrogen) atoms. The first-order chi connectivity index (χ1) is 14.8. The van der Waals surface area contributed by atoms with E-state index in [9.17, 15) is 0 Å². The lowest BCUT2D eigenvalue weighted by Crippen LogP contribution is -2.24. The summed E-state index contributed by atoms with van der Waals surface area (Å²) in [5.74, 6) is 0.648. The Hall–Kier alpha value is -2.98. The number of rotatable bonds is 7. The van der Waals surface area contributed by atoms with Gasteiger partial charge in [0.05, 0.1) is 22.8 Å². The second-order valence-electron chi connectivity index (χ2n) is 8.36. The minimum atomic E-state index is 0.280. The lowest BCUT2D eigenvalue weighted by Gasteiger charge is -2.29. The molecule has 1 heterocycles. The maximum atomic E-state index is 6.66. The highest BCUT2D eigenvalue weighted by molar-refractivity contribution is 6.00. The summed E-state index contributed by atoms with van der Waals surface area (Å²) in [6.45, 7) is 17.3. The van der Waals surface area contributed by atoms with Gasteiger partial charge < -0.3 is 21.3 Å². The fourth-order valence-corrected chi connectivity index (χ4v) is 3.35. The smallest absolute Gasteiger partial charge is 0.0677 e. The molecule has 0 amide bonds. The molecular weight excluding hydrogens is 380 g/mol. The first-order valence-electron chi connectivity index (χ1n) is 11.0. The van der Waals surface area contributed by atoms with E-state index in [1.165, 1.54) is 0 Å². The predicted octanol–water partition coefficient (Wildman–Crippen LogP) is 5.87. The number of benzene rings is 2. The van der Waals surface area contributed by atoms with Crippen LogP contribution in [0.1, 0.15) is 45.2 Å². The van der Waals surface area contributed by atoms with Crippen LogP contribution in [0.2, 0.25) is 0 Å². The van der Waals surface area contributed by atoms with Gasteiger partial charge in [0.2, 0.25) is 0 Å². The lowest BCUT2D eigenvalue weighted by atomic mass is 10.0. The van der Waals surface area contributed by atoms with E-state index in [1.54, 1.807) is 0 Å². The molecule has 2 aromatic carbocycles. The third kappa shape index (κ3) is 6.02. The molecule has 4 heteroatoms. The fraction of sp³-hybridized carbons (Fsp3) is 0.333. The van der Waals surface area contributed by atoms with Gasteiger partial charge in [0, 0.05) is 29.4 Å². The van der Waals surface area contributed by atoms with Crippen molar-refractivity contribution in [3.63, 3.8) is 0 Å². The minimum absolute atomic E-state index is 0.280. The van der Waals surface area contributed by atoms with Gasteiger partial charge in [-0.05, 0) is 45.4 Å². The largest absolute Gasteiger partial charge is 0.396 e. The molecular formula is C27H38N4. The number of hydrogen-bond donors (Lipinski definition) is 3. The summed E-state index contributed by atoms with van der Waals surface area (Å²) in [5, 5.41) is 6.77. The Morgan fingerprint density at radius 2 is 1.52 bits per heavy atom. The van der Waals surface area contributed by atoms with E-state index in [0.29, 0.717) is 5.92 Å². The summed E-state index contributed by atoms with van der Waals surface area (Å²) in [4.78, 5) is 2.24. The van der Waals surface area contributed by atoms with Crippen molar-refractivity contribution in [2.24, 2.45) is 11.7 Å². The van der Waals surface area contributed by atoms with Gasteiger partial charge in [-0.1, -0.05) is 62.9 Å². The van der Waals surface area contributed by atoms with E-state index in [4.69, 9.17) is 5.73 Å². The molecule has 0 radical (unpaired) electrons. The van der Waals surface area contributed by atoms with Crippen molar-refractivity contribution < 1.29 is 0 Å². The Morgan fingerprint density at radius 1 is 1.00 bits per heavy atom. The molecule has 0 aromatic heterocycles. The van der Waals surface area contributed by atoms with Gasteiger partial charge in [0.25, 0.3) is 0 Å². The first-order valence-corrected chi connectivity index (χ1v) is 11.0. The maximum absolute atomic E-state index is 6.66. The van der Waals surface area contributed by atoms with Gasteiger partial charge in [-0.2, -0.15) is 0 Å². The summed E-state index contributed by atoms with van der Waals surface area (Å²) in [6, 6.07) is 16.9.